The van der Waals surface area contributed by atoms with E-state index in [2.05, 4.69) is 27.7 Å². The van der Waals surface area contributed by atoms with Crippen LogP contribution in [0, 0.1) is 5.92 Å². The second-order valence-corrected chi connectivity index (χ2v) is 4.37. The molecule has 1 spiro atoms. The van der Waals surface area contributed by atoms with Crippen LogP contribution in [0.25, 0.3) is 0 Å². The Morgan fingerprint density at radius 1 is 1.00 bits per heavy atom. The van der Waals surface area contributed by atoms with Crippen LogP contribution in [-0.2, 0) is 0 Å². The highest BCUT2D eigenvalue weighted by Gasteiger charge is 2.69. The van der Waals surface area contributed by atoms with Gasteiger partial charge in [-0.05, 0) is 20.8 Å². The normalized spacial score (nSPS) is 66.0. The highest BCUT2D eigenvalue weighted by molar-refractivity contribution is 4.91. The maximum absolute atomic E-state index is 2.41. The van der Waals surface area contributed by atoms with Crippen LogP contribution >= 0.6 is 0 Å². The Hall–Kier alpha value is -0.0400. The van der Waals surface area contributed by atoms with Gasteiger partial charge in [-0.15, -0.1) is 0 Å². The molecule has 0 N–H and O–H groups in total. The van der Waals surface area contributed by atoms with E-state index in [0.29, 0.717) is 0 Å². The van der Waals surface area contributed by atoms with Crippen molar-refractivity contribution in [1.82, 2.24) is 0 Å². The Labute approximate surface area is 63.6 Å². The number of hydrogen-bond acceptors (Lipinski definition) is 0. The van der Waals surface area contributed by atoms with E-state index in [1.165, 1.54) is 11.0 Å². The summed E-state index contributed by atoms with van der Waals surface area (Å²) in [6, 6.07) is 2.87. The smallest absolute Gasteiger partial charge is 0.136 e. The summed E-state index contributed by atoms with van der Waals surface area (Å²) >= 11 is 0. The molecule has 0 aromatic rings. The van der Waals surface area contributed by atoms with Crippen molar-refractivity contribution in [3.63, 3.8) is 0 Å². The maximum atomic E-state index is 2.41. The molecule has 1 heteroatoms. The molecule has 2 aliphatic rings. The minimum Gasteiger partial charge on any atom is -0.307 e. The van der Waals surface area contributed by atoms with Crippen molar-refractivity contribution in [3.8, 4) is 0 Å². The van der Waals surface area contributed by atoms with E-state index in [4.69, 9.17) is 0 Å². The van der Waals surface area contributed by atoms with E-state index in [-0.39, 0.29) is 0 Å². The monoisotopic (exact) mass is 140 g/mol. The highest BCUT2D eigenvalue weighted by atomic mass is 15.6. The fraction of sp³-hybridized carbons (Fsp3) is 1.00. The lowest BCUT2D eigenvalue weighted by Crippen LogP contribution is -2.63. The molecule has 0 aromatic carbocycles. The topological polar surface area (TPSA) is 0 Å². The summed E-state index contributed by atoms with van der Waals surface area (Å²) in [5.41, 5.74) is 0. The Kier molecular flexibility index (Phi) is 1.05. The Morgan fingerprint density at radius 2 is 1.40 bits per heavy atom. The molecule has 2 fully saturated rings. The van der Waals surface area contributed by atoms with Gasteiger partial charge in [0.2, 0.25) is 0 Å². The fourth-order valence-corrected chi connectivity index (χ4v) is 3.09. The molecule has 2 aliphatic heterocycles. The van der Waals surface area contributed by atoms with Crippen LogP contribution in [0.5, 0.6) is 0 Å². The molecule has 0 saturated carbocycles. The van der Waals surface area contributed by atoms with Crippen molar-refractivity contribution in [3.05, 3.63) is 0 Å². The Balaban J connectivity index is 2.14. The molecule has 0 aromatic heterocycles. The maximum Gasteiger partial charge on any atom is 0.136 e. The summed E-state index contributed by atoms with van der Waals surface area (Å²) in [6.07, 6.45) is 0. The first-order valence-electron chi connectivity index (χ1n) is 4.48. The van der Waals surface area contributed by atoms with Gasteiger partial charge in [0, 0.05) is 0 Å². The van der Waals surface area contributed by atoms with Crippen LogP contribution in [0.4, 0.5) is 0 Å². The molecule has 0 bridgehead atoms. The summed E-state index contributed by atoms with van der Waals surface area (Å²) in [7, 11) is 0. The first-order valence-corrected chi connectivity index (χ1v) is 4.48. The van der Waals surface area contributed by atoms with Crippen LogP contribution < -0.4 is 0 Å². The van der Waals surface area contributed by atoms with E-state index in [1.54, 1.807) is 0 Å². The molecule has 0 amide bonds. The van der Waals surface area contributed by atoms with Gasteiger partial charge in [0.25, 0.3) is 0 Å². The van der Waals surface area contributed by atoms with E-state index >= 15 is 0 Å². The van der Waals surface area contributed by atoms with Gasteiger partial charge in [-0.3, -0.25) is 0 Å². The largest absolute Gasteiger partial charge is 0.307 e. The number of nitrogens with zero attached hydrogens (tertiary/aromatic N) is 1. The van der Waals surface area contributed by atoms with Gasteiger partial charge < -0.3 is 4.48 Å². The van der Waals surface area contributed by atoms with E-state index in [1.807, 2.05) is 0 Å². The minimum atomic E-state index is 0.949. The van der Waals surface area contributed by atoms with Gasteiger partial charge in [0.15, 0.2) is 0 Å². The van der Waals surface area contributed by atoms with Crippen LogP contribution in [0.3, 0.4) is 0 Å². The lowest BCUT2D eigenvalue weighted by Gasteiger charge is -2.49. The molecule has 10 heavy (non-hydrogen) atoms. The summed E-state index contributed by atoms with van der Waals surface area (Å²) in [5, 5.41) is 0. The lowest BCUT2D eigenvalue weighted by molar-refractivity contribution is -0.921. The molecule has 0 radical (unpaired) electrons. The lowest BCUT2D eigenvalue weighted by atomic mass is 9.83. The van der Waals surface area contributed by atoms with Gasteiger partial charge in [-0.1, -0.05) is 6.92 Å². The minimum absolute atomic E-state index is 0.949. The van der Waals surface area contributed by atoms with Gasteiger partial charge in [-0.2, -0.15) is 0 Å². The van der Waals surface area contributed by atoms with Crippen molar-refractivity contribution in [2.45, 2.75) is 45.8 Å². The summed E-state index contributed by atoms with van der Waals surface area (Å²) < 4.78 is 1.45. The van der Waals surface area contributed by atoms with Gasteiger partial charge >= 0.3 is 0 Å². The average molecular weight is 140 g/mol. The molecule has 0 aliphatic carbocycles. The summed E-state index contributed by atoms with van der Waals surface area (Å²) in [4.78, 5) is 0. The molecule has 3 atom stereocenters. The van der Waals surface area contributed by atoms with Crippen LogP contribution in [-0.4, -0.2) is 29.2 Å². The van der Waals surface area contributed by atoms with Crippen molar-refractivity contribution in [2.75, 3.05) is 6.54 Å². The number of rotatable bonds is 0. The Morgan fingerprint density at radius 3 is 1.60 bits per heavy atom. The van der Waals surface area contributed by atoms with Crippen LogP contribution in [0.2, 0.25) is 0 Å². The van der Waals surface area contributed by atoms with Gasteiger partial charge in [0.1, 0.15) is 12.6 Å². The molecular formula is C9H18N+. The van der Waals surface area contributed by atoms with Crippen LogP contribution in [0.1, 0.15) is 27.7 Å². The molecule has 1 nitrogen and oxygen atoms in total. The number of hydrogen-bond donors (Lipinski definition) is 0. The summed E-state index contributed by atoms with van der Waals surface area (Å²) in [5.74, 6) is 0.963. The van der Waals surface area contributed by atoms with Crippen molar-refractivity contribution in [2.24, 2.45) is 5.92 Å². The first kappa shape index (κ1) is 6.66. The van der Waals surface area contributed by atoms with Crippen molar-refractivity contribution in [1.29, 1.82) is 0 Å². The predicted molar refractivity (Wildman–Crippen MR) is 42.7 cm³/mol. The van der Waals surface area contributed by atoms with Crippen molar-refractivity contribution >= 4 is 0 Å². The third-order valence-corrected chi connectivity index (χ3v) is 4.31. The molecule has 58 valence electrons. The second-order valence-electron chi connectivity index (χ2n) is 4.37. The Bertz CT molecular complexity index is 154. The second kappa shape index (κ2) is 1.58. The van der Waals surface area contributed by atoms with Gasteiger partial charge in [0.05, 0.1) is 18.0 Å². The van der Waals surface area contributed by atoms with Gasteiger partial charge in [-0.25, -0.2) is 0 Å². The first-order chi connectivity index (χ1) is 4.60. The van der Waals surface area contributed by atoms with Crippen molar-refractivity contribution < 1.29 is 4.48 Å². The van der Waals surface area contributed by atoms with E-state index in [0.717, 1.165) is 24.0 Å². The SMILES string of the molecule is CC1C(C)[N+]2(CC2C)C1C. The molecule has 2 heterocycles. The van der Waals surface area contributed by atoms with Crippen LogP contribution in [0.15, 0.2) is 0 Å². The predicted octanol–water partition coefficient (Wildman–Crippen LogP) is 1.63. The molecule has 2 saturated heterocycles. The highest BCUT2D eigenvalue weighted by Crippen LogP contribution is 2.51. The zero-order valence-electron chi connectivity index (χ0n) is 7.46. The average Bonchev–Trinajstić information content (AvgIpc) is 2.61. The fourth-order valence-electron chi connectivity index (χ4n) is 3.09. The van der Waals surface area contributed by atoms with E-state index < -0.39 is 0 Å². The van der Waals surface area contributed by atoms with E-state index in [9.17, 15) is 0 Å². The third-order valence-electron chi connectivity index (χ3n) is 4.31. The standard InChI is InChI=1S/C9H18N/c1-6-5-10(6)8(3)7(2)9(10)4/h6-9H,5H2,1-4H3/q+1. The zero-order valence-corrected chi connectivity index (χ0v) is 7.46. The third kappa shape index (κ3) is 0.460. The molecule has 3 unspecified atom stereocenters. The number of quaternary nitrogens is 1. The molecular weight excluding hydrogens is 122 g/mol. The quantitative estimate of drug-likeness (QED) is 0.354. The summed E-state index contributed by atoms with van der Waals surface area (Å²) in [6.45, 7) is 11.1. The zero-order chi connectivity index (χ0) is 7.52. The molecule has 2 rings (SSSR count).